The highest BCUT2D eigenvalue weighted by molar-refractivity contribution is 4.87. The zero-order valence-electron chi connectivity index (χ0n) is 7.45. The van der Waals surface area contributed by atoms with Crippen LogP contribution in [-0.4, -0.2) is 35.5 Å². The molecule has 4 heteroatoms. The van der Waals surface area contributed by atoms with Crippen molar-refractivity contribution in [1.29, 1.82) is 0 Å². The lowest BCUT2D eigenvalue weighted by molar-refractivity contribution is 0.124. The molecule has 4 N–H and O–H groups in total. The smallest absolute Gasteiger partial charge is 0.0707 e. The monoisotopic (exact) mass is 174 g/mol. The lowest BCUT2D eigenvalue weighted by Gasteiger charge is -2.17. The van der Waals surface area contributed by atoms with Gasteiger partial charge in [-0.3, -0.25) is 0 Å². The Morgan fingerprint density at radius 3 is 2.83 bits per heavy atom. The van der Waals surface area contributed by atoms with Crippen molar-refractivity contribution in [3.63, 3.8) is 0 Å². The van der Waals surface area contributed by atoms with E-state index in [1.165, 1.54) is 0 Å². The number of hydrogen-bond acceptors (Lipinski definition) is 4. The van der Waals surface area contributed by atoms with Crippen LogP contribution in [0.3, 0.4) is 0 Å². The average molecular weight is 174 g/mol. The quantitative estimate of drug-likeness (QED) is 0.349. The molecule has 0 aliphatic carbocycles. The SMILES string of the molecule is CC1NCC(O)C1CCCNO. The van der Waals surface area contributed by atoms with Crippen LogP contribution < -0.4 is 10.8 Å². The third kappa shape index (κ3) is 2.42. The standard InChI is InChI=1S/C8H18N2O2/c1-6-7(3-2-4-10-12)8(11)5-9-6/h6-12H,2-5H2,1H3. The fourth-order valence-electron chi connectivity index (χ4n) is 1.80. The van der Waals surface area contributed by atoms with Gasteiger partial charge in [0.2, 0.25) is 0 Å². The highest BCUT2D eigenvalue weighted by Crippen LogP contribution is 2.20. The summed E-state index contributed by atoms with van der Waals surface area (Å²) in [5.41, 5.74) is 2.12. The Labute approximate surface area is 72.9 Å². The Morgan fingerprint density at radius 1 is 1.58 bits per heavy atom. The van der Waals surface area contributed by atoms with Crippen LogP contribution in [0.2, 0.25) is 0 Å². The van der Waals surface area contributed by atoms with Gasteiger partial charge < -0.3 is 15.6 Å². The summed E-state index contributed by atoms with van der Waals surface area (Å²) in [6, 6.07) is 0.402. The van der Waals surface area contributed by atoms with Crippen LogP contribution >= 0.6 is 0 Å². The van der Waals surface area contributed by atoms with Crippen molar-refractivity contribution in [2.45, 2.75) is 31.9 Å². The molecule has 0 amide bonds. The van der Waals surface area contributed by atoms with Crippen LogP contribution in [0.4, 0.5) is 0 Å². The summed E-state index contributed by atoms with van der Waals surface area (Å²) in [4.78, 5) is 0. The lowest BCUT2D eigenvalue weighted by Crippen LogP contribution is -2.25. The summed E-state index contributed by atoms with van der Waals surface area (Å²) >= 11 is 0. The van der Waals surface area contributed by atoms with Gasteiger partial charge in [0.1, 0.15) is 0 Å². The number of nitrogens with one attached hydrogen (secondary N) is 2. The van der Waals surface area contributed by atoms with Gasteiger partial charge >= 0.3 is 0 Å². The summed E-state index contributed by atoms with van der Waals surface area (Å²) in [6.45, 7) is 3.40. The number of aliphatic hydroxyl groups is 1. The first-order chi connectivity index (χ1) is 5.75. The van der Waals surface area contributed by atoms with E-state index in [1.807, 2.05) is 0 Å². The van der Waals surface area contributed by atoms with E-state index in [9.17, 15) is 5.11 Å². The van der Waals surface area contributed by atoms with E-state index in [2.05, 4.69) is 17.7 Å². The van der Waals surface area contributed by atoms with Crippen LogP contribution in [0, 0.1) is 5.92 Å². The minimum Gasteiger partial charge on any atom is -0.391 e. The van der Waals surface area contributed by atoms with E-state index in [4.69, 9.17) is 5.21 Å². The second-order valence-corrected chi connectivity index (χ2v) is 3.48. The van der Waals surface area contributed by atoms with Gasteiger partial charge in [0.15, 0.2) is 0 Å². The summed E-state index contributed by atoms with van der Waals surface area (Å²) < 4.78 is 0. The molecule has 1 fully saturated rings. The van der Waals surface area contributed by atoms with Gasteiger partial charge in [0, 0.05) is 25.0 Å². The molecule has 0 radical (unpaired) electrons. The molecule has 3 unspecified atom stereocenters. The Balaban J connectivity index is 2.20. The van der Waals surface area contributed by atoms with Crippen LogP contribution in [0.15, 0.2) is 0 Å². The molecule has 72 valence electrons. The third-order valence-corrected chi connectivity index (χ3v) is 2.61. The van der Waals surface area contributed by atoms with Gasteiger partial charge in [0.05, 0.1) is 6.10 Å². The van der Waals surface area contributed by atoms with Crippen LogP contribution in [0.1, 0.15) is 19.8 Å². The predicted molar refractivity (Wildman–Crippen MR) is 46.0 cm³/mol. The summed E-state index contributed by atoms with van der Waals surface area (Å²) in [6.07, 6.45) is 1.66. The number of hydrogen-bond donors (Lipinski definition) is 4. The van der Waals surface area contributed by atoms with Crippen molar-refractivity contribution >= 4 is 0 Å². The molecule has 0 aromatic carbocycles. The van der Waals surface area contributed by atoms with Gasteiger partial charge in [0.25, 0.3) is 0 Å². The van der Waals surface area contributed by atoms with Crippen molar-refractivity contribution in [3.8, 4) is 0 Å². The molecule has 1 heterocycles. The first-order valence-electron chi connectivity index (χ1n) is 4.54. The minimum absolute atomic E-state index is 0.210. The number of aliphatic hydroxyl groups excluding tert-OH is 1. The van der Waals surface area contributed by atoms with Gasteiger partial charge in [-0.15, -0.1) is 0 Å². The van der Waals surface area contributed by atoms with Crippen LogP contribution in [-0.2, 0) is 0 Å². The molecule has 0 spiro atoms. The van der Waals surface area contributed by atoms with E-state index < -0.39 is 0 Å². The van der Waals surface area contributed by atoms with Crippen LogP contribution in [0.25, 0.3) is 0 Å². The van der Waals surface area contributed by atoms with Crippen molar-refractivity contribution in [3.05, 3.63) is 0 Å². The van der Waals surface area contributed by atoms with E-state index in [0.29, 0.717) is 25.0 Å². The second-order valence-electron chi connectivity index (χ2n) is 3.48. The topological polar surface area (TPSA) is 64.5 Å². The first kappa shape index (κ1) is 9.92. The molecule has 1 saturated heterocycles. The molecule has 0 aromatic heterocycles. The predicted octanol–water partition coefficient (Wildman–Crippen LogP) is -0.286. The Morgan fingerprint density at radius 2 is 2.33 bits per heavy atom. The molecule has 12 heavy (non-hydrogen) atoms. The van der Waals surface area contributed by atoms with E-state index in [-0.39, 0.29) is 6.10 Å². The number of β-amino-alcohol motifs (C(OH)–C–C–N with tert-alkyl or cyclic N) is 1. The Bertz CT molecular complexity index is 122. The average Bonchev–Trinajstić information content (AvgIpc) is 2.35. The Hall–Kier alpha value is -0.160. The number of rotatable bonds is 4. The molecule has 1 rings (SSSR count). The maximum atomic E-state index is 9.51. The zero-order valence-corrected chi connectivity index (χ0v) is 7.45. The lowest BCUT2D eigenvalue weighted by atomic mass is 9.94. The largest absolute Gasteiger partial charge is 0.391 e. The summed E-state index contributed by atoms with van der Waals surface area (Å²) in [7, 11) is 0. The van der Waals surface area contributed by atoms with Crippen molar-refractivity contribution < 1.29 is 10.3 Å². The van der Waals surface area contributed by atoms with Crippen molar-refractivity contribution in [2.75, 3.05) is 13.1 Å². The first-order valence-corrected chi connectivity index (χ1v) is 4.54. The number of hydroxylamine groups is 1. The Kier molecular flexibility index (Phi) is 3.94. The van der Waals surface area contributed by atoms with E-state index >= 15 is 0 Å². The third-order valence-electron chi connectivity index (χ3n) is 2.61. The molecular weight excluding hydrogens is 156 g/mol. The van der Waals surface area contributed by atoms with Crippen molar-refractivity contribution in [1.82, 2.24) is 10.8 Å². The molecule has 4 nitrogen and oxygen atoms in total. The molecule has 0 saturated carbocycles. The van der Waals surface area contributed by atoms with E-state index in [1.54, 1.807) is 0 Å². The second kappa shape index (κ2) is 4.77. The minimum atomic E-state index is -0.210. The highest BCUT2D eigenvalue weighted by Gasteiger charge is 2.30. The fraction of sp³-hybridized carbons (Fsp3) is 1.00. The maximum absolute atomic E-state index is 9.51. The fourth-order valence-corrected chi connectivity index (χ4v) is 1.80. The molecule has 1 aliphatic heterocycles. The van der Waals surface area contributed by atoms with Gasteiger partial charge in [-0.2, -0.15) is 0 Å². The highest BCUT2D eigenvalue weighted by atomic mass is 16.5. The van der Waals surface area contributed by atoms with Gasteiger partial charge in [-0.1, -0.05) is 0 Å². The zero-order chi connectivity index (χ0) is 8.97. The molecule has 0 aromatic rings. The van der Waals surface area contributed by atoms with Crippen molar-refractivity contribution in [2.24, 2.45) is 5.92 Å². The van der Waals surface area contributed by atoms with Gasteiger partial charge in [-0.05, 0) is 19.8 Å². The van der Waals surface area contributed by atoms with E-state index in [0.717, 1.165) is 12.8 Å². The summed E-state index contributed by atoms with van der Waals surface area (Å²) in [5.74, 6) is 0.346. The molecule has 1 aliphatic rings. The van der Waals surface area contributed by atoms with Crippen LogP contribution in [0.5, 0.6) is 0 Å². The molecular formula is C8H18N2O2. The normalized spacial score (nSPS) is 35.8. The maximum Gasteiger partial charge on any atom is 0.0707 e. The molecule has 0 bridgehead atoms. The van der Waals surface area contributed by atoms with Gasteiger partial charge in [-0.25, -0.2) is 5.48 Å². The summed E-state index contributed by atoms with van der Waals surface area (Å²) in [5, 5.41) is 21.1. The molecule has 3 atom stereocenters.